The Kier molecular flexibility index (Phi) is 7.82. The minimum Gasteiger partial charge on any atom is -0.494 e. The summed E-state index contributed by atoms with van der Waals surface area (Å²) in [6.07, 6.45) is 1.25. The van der Waals surface area contributed by atoms with E-state index in [1.54, 1.807) is 0 Å². The number of aliphatic hydroxyl groups excluding tert-OH is 1. The van der Waals surface area contributed by atoms with Crippen molar-refractivity contribution in [3.05, 3.63) is 64.6 Å². The number of likely N-dealkylation sites (tertiary alicyclic amines) is 2. The van der Waals surface area contributed by atoms with Crippen molar-refractivity contribution in [3.63, 3.8) is 0 Å². The molecule has 3 aromatic rings. The normalized spacial score (nSPS) is 24.7. The predicted molar refractivity (Wildman–Crippen MR) is 161 cm³/mol. The lowest BCUT2D eigenvalue weighted by atomic mass is 10.1. The minimum absolute atomic E-state index is 0.0538. The fourth-order valence-electron chi connectivity index (χ4n) is 6.77. The van der Waals surface area contributed by atoms with Crippen molar-refractivity contribution < 1.29 is 37.5 Å². The Labute approximate surface area is 263 Å². The van der Waals surface area contributed by atoms with Gasteiger partial charge in [0.15, 0.2) is 23.4 Å². The fraction of sp³-hybridized carbons (Fsp3) is 0.419. The van der Waals surface area contributed by atoms with Gasteiger partial charge in [-0.15, -0.1) is 0 Å². The third-order valence-corrected chi connectivity index (χ3v) is 9.63. The van der Waals surface area contributed by atoms with E-state index in [-0.39, 0.29) is 69.2 Å². The number of likely N-dealkylation sites (N-methyl/N-ethyl adjacent to an activating group) is 1. The number of carbonyl (C=O) groups is 3. The van der Waals surface area contributed by atoms with Crippen LogP contribution in [0.3, 0.4) is 0 Å². The number of halogens is 3. The van der Waals surface area contributed by atoms with E-state index in [9.17, 15) is 28.3 Å². The van der Waals surface area contributed by atoms with Gasteiger partial charge in [-0.25, -0.2) is 9.37 Å². The number of aromatic nitrogens is 2. The van der Waals surface area contributed by atoms with Crippen LogP contribution in [0.1, 0.15) is 27.4 Å². The molecule has 11 nitrogen and oxygen atoms in total. The summed E-state index contributed by atoms with van der Waals surface area (Å²) in [7, 11) is 6.66. The van der Waals surface area contributed by atoms with Crippen LogP contribution < -0.4 is 15.4 Å². The number of rotatable bonds is 7. The average molecular weight is 644 g/mol. The summed E-state index contributed by atoms with van der Waals surface area (Å²) in [6, 6.07) is 6.79. The summed E-state index contributed by atoms with van der Waals surface area (Å²) in [5.74, 6) is -3.15. The Bertz CT molecular complexity index is 1700. The van der Waals surface area contributed by atoms with Crippen LogP contribution in [-0.2, 0) is 11.8 Å². The minimum atomic E-state index is -1.15. The number of anilines is 1. The fourth-order valence-corrected chi connectivity index (χ4v) is 7.04. The lowest BCUT2D eigenvalue weighted by Gasteiger charge is -2.33. The molecule has 3 amide bonds. The molecule has 45 heavy (non-hydrogen) atoms. The molecule has 2 aliphatic heterocycles. The van der Waals surface area contributed by atoms with E-state index < -0.39 is 23.6 Å². The molecule has 1 aromatic heterocycles. The summed E-state index contributed by atoms with van der Waals surface area (Å²) in [5.41, 5.74) is 0.644. The van der Waals surface area contributed by atoms with Gasteiger partial charge < -0.3 is 34.4 Å². The Morgan fingerprint density at radius 3 is 2.42 bits per heavy atom. The predicted octanol–water partition coefficient (Wildman–Crippen LogP) is 2.68. The lowest BCUT2D eigenvalue weighted by molar-refractivity contribution is -0.894. The summed E-state index contributed by atoms with van der Waals surface area (Å²) in [5, 5.41) is 15.9. The van der Waals surface area contributed by atoms with Crippen molar-refractivity contribution in [2.24, 2.45) is 18.9 Å². The van der Waals surface area contributed by atoms with E-state index in [0.29, 0.717) is 36.2 Å². The number of amides is 3. The molecule has 5 atom stereocenters. The zero-order valence-corrected chi connectivity index (χ0v) is 25.9. The van der Waals surface area contributed by atoms with Crippen LogP contribution in [0.2, 0.25) is 5.02 Å². The molecule has 1 unspecified atom stereocenters. The largest absolute Gasteiger partial charge is 0.494 e. The molecular formula is C31H34ClF2N6O5+. The number of methoxy groups -OCH3 is 1. The van der Waals surface area contributed by atoms with E-state index >= 15 is 0 Å². The first-order valence-corrected chi connectivity index (χ1v) is 14.9. The van der Waals surface area contributed by atoms with Gasteiger partial charge in [0.05, 0.1) is 43.7 Å². The van der Waals surface area contributed by atoms with E-state index in [0.717, 1.165) is 0 Å². The monoisotopic (exact) mass is 643 g/mol. The quantitative estimate of drug-likeness (QED) is 0.340. The summed E-state index contributed by atoms with van der Waals surface area (Å²) in [4.78, 5) is 45.1. The van der Waals surface area contributed by atoms with Crippen molar-refractivity contribution >= 4 is 35.0 Å². The van der Waals surface area contributed by atoms with Crippen molar-refractivity contribution in [1.29, 1.82) is 0 Å². The number of imidazole rings is 1. The molecule has 3 N–H and O–H groups in total. The molecular weight excluding hydrogens is 610 g/mol. The Balaban J connectivity index is 1.06. The average Bonchev–Trinajstić information content (AvgIpc) is 3.31. The number of ether oxygens (including phenoxy) is 1. The number of piperidine rings is 1. The van der Waals surface area contributed by atoms with Crippen molar-refractivity contribution in [3.8, 4) is 17.0 Å². The van der Waals surface area contributed by atoms with E-state index in [1.807, 2.05) is 19.0 Å². The highest BCUT2D eigenvalue weighted by molar-refractivity contribution is 6.34. The molecule has 238 valence electrons. The molecule has 2 aromatic carbocycles. The number of fused-ring (bicyclic) bond motifs is 1. The highest BCUT2D eigenvalue weighted by atomic mass is 35.5. The van der Waals surface area contributed by atoms with Gasteiger partial charge in [0.1, 0.15) is 12.6 Å². The number of quaternary nitrogens is 1. The maximum absolute atomic E-state index is 14.6. The van der Waals surface area contributed by atoms with Crippen LogP contribution >= 0.6 is 11.6 Å². The molecule has 1 saturated carbocycles. The van der Waals surface area contributed by atoms with Gasteiger partial charge in [-0.1, -0.05) is 11.6 Å². The molecule has 1 aliphatic carbocycles. The topological polar surface area (TPSA) is 126 Å². The van der Waals surface area contributed by atoms with Crippen molar-refractivity contribution in [2.75, 3.05) is 46.2 Å². The number of nitrogens with zero attached hydrogens (tertiary/aromatic N) is 4. The van der Waals surface area contributed by atoms with Gasteiger partial charge in [0.25, 0.3) is 17.7 Å². The second-order valence-electron chi connectivity index (χ2n) is 12.6. The summed E-state index contributed by atoms with van der Waals surface area (Å²) >= 11 is 6.43. The smallest absolute Gasteiger partial charge is 0.291 e. The van der Waals surface area contributed by atoms with E-state index in [1.165, 1.54) is 55.3 Å². The maximum Gasteiger partial charge on any atom is 0.291 e. The summed E-state index contributed by atoms with van der Waals surface area (Å²) < 4.78 is 35.5. The van der Waals surface area contributed by atoms with Gasteiger partial charge in [-0.2, -0.15) is 4.39 Å². The Morgan fingerprint density at radius 2 is 1.80 bits per heavy atom. The van der Waals surface area contributed by atoms with Gasteiger partial charge >= 0.3 is 0 Å². The van der Waals surface area contributed by atoms with Gasteiger partial charge in [-0.3, -0.25) is 14.4 Å². The van der Waals surface area contributed by atoms with E-state index in [2.05, 4.69) is 15.6 Å². The molecule has 0 bridgehead atoms. The van der Waals surface area contributed by atoms with Crippen molar-refractivity contribution in [1.82, 2.24) is 19.8 Å². The SMILES string of the molecule is COc1ccc(-c2cnc(C(=O)Nc3ccc(C(=O)NC4[C@H]5CN(C(=O)[C@@H]6C[C@@H](O)C[N+]6(C)C)C[C@@H]45)c(Cl)c3)n2C)c(F)c1F. The molecule has 2 saturated heterocycles. The van der Waals surface area contributed by atoms with Crippen LogP contribution in [0.5, 0.6) is 5.75 Å². The highest BCUT2D eigenvalue weighted by Gasteiger charge is 2.59. The molecule has 3 fully saturated rings. The van der Waals surface area contributed by atoms with Gasteiger partial charge in [0, 0.05) is 55.7 Å². The van der Waals surface area contributed by atoms with Gasteiger partial charge in [-0.05, 0) is 30.3 Å². The first-order chi connectivity index (χ1) is 21.3. The van der Waals surface area contributed by atoms with Crippen LogP contribution in [0.15, 0.2) is 36.5 Å². The number of nitrogens with one attached hydrogen (secondary N) is 2. The van der Waals surface area contributed by atoms with Crippen molar-refractivity contribution in [2.45, 2.75) is 24.6 Å². The molecule has 14 heteroatoms. The second kappa shape index (κ2) is 11.4. The zero-order valence-electron chi connectivity index (χ0n) is 25.2. The zero-order chi connectivity index (χ0) is 32.4. The third-order valence-electron chi connectivity index (χ3n) is 9.31. The first kappa shape index (κ1) is 30.9. The number of aliphatic hydroxyl groups is 1. The summed E-state index contributed by atoms with van der Waals surface area (Å²) in [6.45, 7) is 1.68. The standard InChI is InChI=1S/C31H33ClF2N6O5/c1-38-22(18-7-8-24(45-4)26(34)25(18)33)11-35-28(38)30(43)36-15-5-6-17(21(32)9-15)29(42)37-27-19-12-39(13-20(19)27)31(44)23-10-16(41)14-40(23,2)3/h5-9,11,16,19-20,23,27,41H,10,12-14H2,1-4H3,(H-,36,37,42,43)/p+1/t16-,19-,20+,23+,27?/m1/s1. The first-order valence-electron chi connectivity index (χ1n) is 14.6. The lowest BCUT2D eigenvalue weighted by Crippen LogP contribution is -2.53. The van der Waals surface area contributed by atoms with Crippen LogP contribution in [-0.4, -0.2) is 101 Å². The number of benzene rings is 2. The molecule has 3 heterocycles. The van der Waals surface area contributed by atoms with E-state index in [4.69, 9.17) is 16.3 Å². The number of hydrogen-bond acceptors (Lipinski definition) is 6. The Hall–Kier alpha value is -4.07. The van der Waals surface area contributed by atoms with Crippen LogP contribution in [0.25, 0.3) is 11.3 Å². The molecule has 6 rings (SSSR count). The molecule has 0 spiro atoms. The number of hydrogen-bond donors (Lipinski definition) is 3. The third kappa shape index (κ3) is 5.53. The molecule has 0 radical (unpaired) electrons. The number of carbonyl (C=O) groups excluding carboxylic acids is 3. The van der Waals surface area contributed by atoms with Crippen LogP contribution in [0.4, 0.5) is 14.5 Å². The van der Waals surface area contributed by atoms with Crippen LogP contribution in [0, 0.1) is 23.5 Å². The van der Waals surface area contributed by atoms with Gasteiger partial charge in [0.2, 0.25) is 5.82 Å². The Morgan fingerprint density at radius 1 is 1.09 bits per heavy atom. The highest BCUT2D eigenvalue weighted by Crippen LogP contribution is 2.46. The maximum atomic E-state index is 14.6. The second-order valence-corrected chi connectivity index (χ2v) is 13.0. The molecule has 3 aliphatic rings.